The fraction of sp³-hybridized carbons (Fsp3) is 0.0833. The Morgan fingerprint density at radius 2 is 1.65 bits per heavy atom. The zero-order valence-electron chi connectivity index (χ0n) is 19.3. The van der Waals surface area contributed by atoms with Crippen molar-refractivity contribution in [3.8, 4) is 5.75 Å². The van der Waals surface area contributed by atoms with Gasteiger partial charge in [-0.25, -0.2) is 8.42 Å². The Morgan fingerprint density at radius 1 is 1.03 bits per heavy atom. The first-order valence-corrected chi connectivity index (χ1v) is 13.0. The second kappa shape index (κ2) is 10.8. The molecule has 37 heavy (non-hydrogen) atoms. The quantitative estimate of drug-likeness (QED) is 0.214. The van der Waals surface area contributed by atoms with Crippen molar-refractivity contribution in [1.82, 2.24) is 9.78 Å². The molecule has 4 aromatic rings. The minimum atomic E-state index is -3.82. The van der Waals surface area contributed by atoms with E-state index in [1.54, 1.807) is 48.5 Å². The largest absolute Gasteiger partial charge is 0.497 e. The average molecular weight is 586 g/mol. The lowest BCUT2D eigenvalue weighted by atomic mass is 10.1. The number of nitrogens with zero attached hydrogens (tertiary/aromatic N) is 3. The number of hydrogen-bond acceptors (Lipinski definition) is 7. The molecule has 0 saturated carbocycles. The van der Waals surface area contributed by atoms with Gasteiger partial charge in [0, 0.05) is 16.9 Å². The van der Waals surface area contributed by atoms with Crippen LogP contribution in [0.25, 0.3) is 0 Å². The molecule has 11 nitrogen and oxygen atoms in total. The molecule has 0 aliphatic carbocycles. The van der Waals surface area contributed by atoms with E-state index in [0.717, 1.165) is 5.56 Å². The Kier molecular flexibility index (Phi) is 7.55. The van der Waals surface area contributed by atoms with Gasteiger partial charge in [0.25, 0.3) is 15.9 Å². The Bertz CT molecular complexity index is 1540. The van der Waals surface area contributed by atoms with E-state index in [4.69, 9.17) is 4.74 Å². The van der Waals surface area contributed by atoms with Crippen LogP contribution in [0.15, 0.2) is 88.4 Å². The molecule has 0 fully saturated rings. The van der Waals surface area contributed by atoms with Gasteiger partial charge in [-0.2, -0.15) is 4.68 Å². The predicted molar refractivity (Wildman–Crippen MR) is 140 cm³/mol. The zero-order valence-corrected chi connectivity index (χ0v) is 21.7. The highest BCUT2D eigenvalue weighted by molar-refractivity contribution is 9.10. The number of methoxy groups -OCH3 is 1. The molecule has 0 unspecified atom stereocenters. The molecule has 3 aromatic carbocycles. The summed E-state index contributed by atoms with van der Waals surface area (Å²) < 4.78 is 34.6. The number of nitrogens with one attached hydrogen (secondary N) is 2. The number of nitro groups is 1. The van der Waals surface area contributed by atoms with Gasteiger partial charge >= 0.3 is 5.82 Å². The summed E-state index contributed by atoms with van der Waals surface area (Å²) in [6.07, 6.45) is 1.51. The number of carbonyl (C=O) groups excluding carboxylic acids is 1. The van der Waals surface area contributed by atoms with Crippen LogP contribution in [0.2, 0.25) is 0 Å². The predicted octanol–water partition coefficient (Wildman–Crippen LogP) is 4.66. The number of ether oxygens (including phenoxy) is 1. The highest BCUT2D eigenvalue weighted by atomic mass is 79.9. The summed E-state index contributed by atoms with van der Waals surface area (Å²) in [5.41, 5.74) is 1.99. The molecule has 13 heteroatoms. The number of amides is 1. The summed E-state index contributed by atoms with van der Waals surface area (Å²) in [5, 5.41) is 17.6. The van der Waals surface area contributed by atoms with E-state index in [2.05, 4.69) is 31.1 Å². The summed E-state index contributed by atoms with van der Waals surface area (Å²) >= 11 is 3.11. The van der Waals surface area contributed by atoms with Gasteiger partial charge in [0.1, 0.15) is 10.2 Å². The van der Waals surface area contributed by atoms with Gasteiger partial charge < -0.3 is 20.2 Å². The number of hydrogen-bond donors (Lipinski definition) is 2. The summed E-state index contributed by atoms with van der Waals surface area (Å²) in [4.78, 5) is 23.0. The molecule has 0 aliphatic rings. The molecule has 190 valence electrons. The minimum absolute atomic E-state index is 0.0381. The number of aromatic nitrogens is 2. The number of benzene rings is 3. The highest BCUT2D eigenvalue weighted by Crippen LogP contribution is 2.23. The number of rotatable bonds is 9. The van der Waals surface area contributed by atoms with E-state index >= 15 is 0 Å². The van der Waals surface area contributed by atoms with Crippen LogP contribution in [0, 0.1) is 10.1 Å². The molecule has 0 radical (unpaired) electrons. The second-order valence-corrected chi connectivity index (χ2v) is 10.3. The molecule has 4 rings (SSSR count). The average Bonchev–Trinajstić information content (AvgIpc) is 3.25. The Balaban J connectivity index is 1.37. The number of carbonyl (C=O) groups is 1. The van der Waals surface area contributed by atoms with Crippen LogP contribution >= 0.6 is 15.9 Å². The summed E-state index contributed by atoms with van der Waals surface area (Å²) in [6, 6.07) is 18.9. The van der Waals surface area contributed by atoms with Gasteiger partial charge in [0.2, 0.25) is 0 Å². The second-order valence-electron chi connectivity index (χ2n) is 7.76. The van der Waals surface area contributed by atoms with Crippen LogP contribution in [0.4, 0.5) is 17.2 Å². The van der Waals surface area contributed by atoms with Crippen molar-refractivity contribution in [2.45, 2.75) is 11.4 Å². The normalized spacial score (nSPS) is 11.1. The maximum absolute atomic E-state index is 12.7. The van der Waals surface area contributed by atoms with Crippen molar-refractivity contribution in [1.29, 1.82) is 0 Å². The van der Waals surface area contributed by atoms with Gasteiger partial charge in [0.15, 0.2) is 0 Å². The van der Waals surface area contributed by atoms with Gasteiger partial charge in [0.05, 0.1) is 29.8 Å². The summed E-state index contributed by atoms with van der Waals surface area (Å²) in [5.74, 6) is -0.0440. The van der Waals surface area contributed by atoms with Crippen molar-refractivity contribution < 1.29 is 22.9 Å². The van der Waals surface area contributed by atoms with Crippen molar-refractivity contribution in [3.63, 3.8) is 0 Å². The van der Waals surface area contributed by atoms with Gasteiger partial charge in [-0.1, -0.05) is 12.1 Å². The Hall–Kier alpha value is -4.23. The van der Waals surface area contributed by atoms with Crippen LogP contribution in [0.3, 0.4) is 0 Å². The Labute approximate surface area is 220 Å². The third-order valence-corrected chi connectivity index (χ3v) is 7.15. The van der Waals surface area contributed by atoms with Gasteiger partial charge in [-0.3, -0.25) is 9.52 Å². The third-order valence-electron chi connectivity index (χ3n) is 5.20. The molecule has 0 atom stereocenters. The van der Waals surface area contributed by atoms with Crippen LogP contribution < -0.4 is 14.8 Å². The lowest BCUT2D eigenvalue weighted by molar-refractivity contribution is -0.390. The number of halogens is 1. The maximum Gasteiger partial charge on any atom is 0.404 e. The van der Waals surface area contributed by atoms with E-state index in [9.17, 15) is 23.3 Å². The van der Waals surface area contributed by atoms with Crippen molar-refractivity contribution in [2.75, 3.05) is 17.1 Å². The summed E-state index contributed by atoms with van der Waals surface area (Å²) in [6.45, 7) is 0.287. The van der Waals surface area contributed by atoms with Gasteiger partial charge in [-0.05, 0) is 87.1 Å². The molecular weight excluding hydrogens is 566 g/mol. The lowest BCUT2D eigenvalue weighted by Crippen LogP contribution is -2.14. The molecule has 0 aliphatic heterocycles. The number of anilines is 2. The van der Waals surface area contributed by atoms with Crippen LogP contribution in [0.1, 0.15) is 15.9 Å². The van der Waals surface area contributed by atoms with E-state index < -0.39 is 14.9 Å². The van der Waals surface area contributed by atoms with Gasteiger partial charge in [-0.15, -0.1) is 0 Å². The molecule has 0 saturated heterocycles. The lowest BCUT2D eigenvalue weighted by Gasteiger charge is -2.10. The van der Waals surface area contributed by atoms with Crippen molar-refractivity contribution >= 4 is 49.1 Å². The topological polar surface area (TPSA) is 145 Å². The fourth-order valence-electron chi connectivity index (χ4n) is 3.33. The minimum Gasteiger partial charge on any atom is -0.497 e. The molecule has 1 aromatic heterocycles. The third kappa shape index (κ3) is 6.32. The molecule has 1 heterocycles. The van der Waals surface area contributed by atoms with Crippen LogP contribution in [-0.2, 0) is 16.6 Å². The van der Waals surface area contributed by atoms with E-state index in [1.165, 1.54) is 42.3 Å². The molecular formula is C24H20BrN5O6S. The molecule has 0 bridgehead atoms. The molecule has 2 N–H and O–H groups in total. The fourth-order valence-corrected chi connectivity index (χ4v) is 4.85. The first-order valence-electron chi connectivity index (χ1n) is 10.7. The van der Waals surface area contributed by atoms with E-state index in [-0.39, 0.29) is 27.6 Å². The first kappa shape index (κ1) is 25.9. The molecule has 1 amide bonds. The summed E-state index contributed by atoms with van der Waals surface area (Å²) in [7, 11) is -2.30. The highest BCUT2D eigenvalue weighted by Gasteiger charge is 2.19. The maximum atomic E-state index is 12.7. The standard InChI is InChI=1S/C24H20BrN5O6S/c1-36-20-10-6-19(7-11-20)28-37(34,35)21-12-8-18(9-13-21)26-24(31)17-4-2-16(3-5-17)14-29-15-22(25)23(27-29)30(32)33/h2-13,15,28H,14H2,1H3,(H,26,31). The van der Waals surface area contributed by atoms with Crippen LogP contribution in [-0.4, -0.2) is 36.1 Å². The van der Waals surface area contributed by atoms with Crippen molar-refractivity contribution in [2.24, 2.45) is 0 Å². The smallest absolute Gasteiger partial charge is 0.404 e. The Morgan fingerprint density at radius 3 is 2.22 bits per heavy atom. The van der Waals surface area contributed by atoms with Crippen LogP contribution in [0.5, 0.6) is 5.75 Å². The SMILES string of the molecule is COc1ccc(NS(=O)(=O)c2ccc(NC(=O)c3ccc(Cn4cc(Br)c([N+](=O)[O-])n4)cc3)cc2)cc1. The van der Waals surface area contributed by atoms with Crippen molar-refractivity contribution in [3.05, 3.63) is 105 Å². The zero-order chi connectivity index (χ0) is 26.6. The van der Waals surface area contributed by atoms with E-state index in [0.29, 0.717) is 22.7 Å². The number of sulfonamides is 1. The first-order chi connectivity index (χ1) is 17.6. The monoisotopic (exact) mass is 585 g/mol. The molecule has 0 spiro atoms. The van der Waals surface area contributed by atoms with E-state index in [1.807, 2.05) is 0 Å².